The molecule has 0 spiro atoms. The van der Waals surface area contributed by atoms with Crippen LogP contribution >= 0.6 is 0 Å². The third kappa shape index (κ3) is 3.68. The second-order valence-corrected chi connectivity index (χ2v) is 5.41. The first-order valence-electron chi connectivity index (χ1n) is 6.72. The second kappa shape index (κ2) is 6.36. The summed E-state index contributed by atoms with van der Waals surface area (Å²) in [6.45, 7) is 2.67. The Labute approximate surface area is 105 Å². The average molecular weight is 241 g/mol. The van der Waals surface area contributed by atoms with Gasteiger partial charge in [0.1, 0.15) is 0 Å². The van der Waals surface area contributed by atoms with E-state index in [0.29, 0.717) is 6.42 Å². The molecule has 0 radical (unpaired) electrons. The number of amides is 1. The van der Waals surface area contributed by atoms with Crippen molar-refractivity contribution in [2.45, 2.75) is 57.0 Å². The van der Waals surface area contributed by atoms with Crippen LogP contribution in [0.5, 0.6) is 0 Å². The highest BCUT2D eigenvalue weighted by molar-refractivity contribution is 5.81. The Balaban J connectivity index is 2.53. The number of rotatable bonds is 5. The van der Waals surface area contributed by atoms with Gasteiger partial charge in [0.25, 0.3) is 0 Å². The number of hydrogen-bond acceptors (Lipinski definition) is 3. The molecule has 1 atom stereocenters. The molecule has 3 N–H and O–H groups in total. The third-order valence-electron chi connectivity index (χ3n) is 4.10. The second-order valence-electron chi connectivity index (χ2n) is 5.41. The van der Waals surface area contributed by atoms with Crippen molar-refractivity contribution in [3.8, 4) is 0 Å². The van der Waals surface area contributed by atoms with E-state index in [1.54, 1.807) is 0 Å². The maximum Gasteiger partial charge on any atom is 0.236 e. The summed E-state index contributed by atoms with van der Waals surface area (Å²) in [6.07, 6.45) is 6.86. The van der Waals surface area contributed by atoms with E-state index >= 15 is 0 Å². The van der Waals surface area contributed by atoms with Crippen molar-refractivity contribution in [2.24, 2.45) is 5.73 Å². The number of hydrogen-bond donors (Lipinski definition) is 2. The first-order chi connectivity index (χ1) is 8.02. The summed E-state index contributed by atoms with van der Waals surface area (Å²) in [6, 6.07) is -0.363. The van der Waals surface area contributed by atoms with Gasteiger partial charge >= 0.3 is 0 Å². The Morgan fingerprint density at radius 3 is 2.41 bits per heavy atom. The molecule has 4 nitrogen and oxygen atoms in total. The van der Waals surface area contributed by atoms with Crippen LogP contribution in [0.25, 0.3) is 0 Å². The highest BCUT2D eigenvalue weighted by Gasteiger charge is 2.34. The van der Waals surface area contributed by atoms with Gasteiger partial charge in [0, 0.05) is 12.1 Å². The van der Waals surface area contributed by atoms with Gasteiger partial charge in [0.2, 0.25) is 5.91 Å². The van der Waals surface area contributed by atoms with Gasteiger partial charge in [-0.05, 0) is 33.4 Å². The van der Waals surface area contributed by atoms with Crippen molar-refractivity contribution in [2.75, 3.05) is 20.6 Å². The van der Waals surface area contributed by atoms with Crippen LogP contribution in [0.15, 0.2) is 0 Å². The molecule has 0 aromatic rings. The molecule has 17 heavy (non-hydrogen) atoms. The number of nitrogens with one attached hydrogen (secondary N) is 1. The predicted molar refractivity (Wildman–Crippen MR) is 70.8 cm³/mol. The summed E-state index contributed by atoms with van der Waals surface area (Å²) in [5.41, 5.74) is 5.87. The van der Waals surface area contributed by atoms with Gasteiger partial charge in [-0.15, -0.1) is 0 Å². The van der Waals surface area contributed by atoms with E-state index in [4.69, 9.17) is 5.73 Å². The monoisotopic (exact) mass is 241 g/mol. The number of carbonyl (C=O) groups is 1. The molecule has 0 bridgehead atoms. The van der Waals surface area contributed by atoms with Crippen LogP contribution in [0, 0.1) is 0 Å². The van der Waals surface area contributed by atoms with E-state index in [2.05, 4.69) is 24.3 Å². The lowest BCUT2D eigenvalue weighted by molar-refractivity contribution is -0.123. The van der Waals surface area contributed by atoms with E-state index in [1.807, 2.05) is 6.92 Å². The van der Waals surface area contributed by atoms with Gasteiger partial charge in [0.15, 0.2) is 0 Å². The normalized spacial score (nSPS) is 21.2. The Bertz CT molecular complexity index is 247. The molecule has 1 fully saturated rings. The largest absolute Gasteiger partial charge is 0.353 e. The summed E-state index contributed by atoms with van der Waals surface area (Å²) in [5, 5.41) is 3.02. The smallest absolute Gasteiger partial charge is 0.236 e. The standard InChI is InChI=1S/C13H27N3O/c1-4-11(14)12(17)15-10-13(16(2)3)8-6-5-7-9-13/h11H,4-10,14H2,1-3H3,(H,15,17). The fourth-order valence-electron chi connectivity index (χ4n) is 2.56. The molecule has 1 unspecified atom stereocenters. The lowest BCUT2D eigenvalue weighted by Crippen LogP contribution is -2.55. The molecule has 1 aliphatic carbocycles. The van der Waals surface area contributed by atoms with Crippen LogP contribution in [0.1, 0.15) is 45.4 Å². The topological polar surface area (TPSA) is 58.4 Å². The van der Waals surface area contributed by atoms with Crippen molar-refractivity contribution in [3.63, 3.8) is 0 Å². The Morgan fingerprint density at radius 1 is 1.35 bits per heavy atom. The maximum absolute atomic E-state index is 11.7. The molecule has 0 aromatic carbocycles. The zero-order valence-corrected chi connectivity index (χ0v) is 11.5. The fraction of sp³-hybridized carbons (Fsp3) is 0.923. The molecule has 100 valence electrons. The van der Waals surface area contributed by atoms with Crippen LogP contribution in [-0.4, -0.2) is 43.0 Å². The molecule has 1 saturated carbocycles. The van der Waals surface area contributed by atoms with Gasteiger partial charge in [-0.1, -0.05) is 26.2 Å². The molecule has 0 aromatic heterocycles. The molecular formula is C13H27N3O. The lowest BCUT2D eigenvalue weighted by Gasteiger charge is -2.43. The summed E-state index contributed by atoms with van der Waals surface area (Å²) in [7, 11) is 4.22. The maximum atomic E-state index is 11.7. The number of nitrogens with two attached hydrogens (primary N) is 1. The molecule has 0 saturated heterocycles. The Kier molecular flexibility index (Phi) is 5.40. The van der Waals surface area contributed by atoms with Gasteiger partial charge < -0.3 is 16.0 Å². The molecular weight excluding hydrogens is 214 g/mol. The molecule has 1 aliphatic rings. The van der Waals surface area contributed by atoms with Crippen LogP contribution in [-0.2, 0) is 4.79 Å². The van der Waals surface area contributed by atoms with Crippen molar-refractivity contribution >= 4 is 5.91 Å². The van der Waals surface area contributed by atoms with Crippen LogP contribution in [0.3, 0.4) is 0 Å². The SMILES string of the molecule is CCC(N)C(=O)NCC1(N(C)C)CCCCC1. The average Bonchev–Trinajstić information content (AvgIpc) is 2.35. The predicted octanol–water partition coefficient (Wildman–Crippen LogP) is 1.10. The number of carbonyl (C=O) groups excluding carboxylic acids is 1. The first-order valence-corrected chi connectivity index (χ1v) is 6.72. The van der Waals surface area contributed by atoms with Crippen molar-refractivity contribution in [3.05, 3.63) is 0 Å². The van der Waals surface area contributed by atoms with Gasteiger partial charge in [0.05, 0.1) is 6.04 Å². The van der Waals surface area contributed by atoms with Gasteiger partial charge in [-0.2, -0.15) is 0 Å². The molecule has 1 rings (SSSR count). The minimum Gasteiger partial charge on any atom is -0.353 e. The van der Waals surface area contributed by atoms with E-state index in [0.717, 1.165) is 6.54 Å². The van der Waals surface area contributed by atoms with Crippen molar-refractivity contribution in [1.82, 2.24) is 10.2 Å². The lowest BCUT2D eigenvalue weighted by atomic mass is 9.80. The molecule has 4 heteroatoms. The number of likely N-dealkylation sites (N-methyl/N-ethyl adjacent to an activating group) is 1. The first kappa shape index (κ1) is 14.5. The summed E-state index contributed by atoms with van der Waals surface area (Å²) < 4.78 is 0. The quantitative estimate of drug-likeness (QED) is 0.758. The highest BCUT2D eigenvalue weighted by Crippen LogP contribution is 2.31. The zero-order chi connectivity index (χ0) is 12.9. The Morgan fingerprint density at radius 2 is 1.94 bits per heavy atom. The minimum atomic E-state index is -0.363. The van der Waals surface area contributed by atoms with Crippen LogP contribution < -0.4 is 11.1 Å². The summed E-state index contributed by atoms with van der Waals surface area (Å²) >= 11 is 0. The van der Waals surface area contributed by atoms with Crippen molar-refractivity contribution < 1.29 is 4.79 Å². The summed E-state index contributed by atoms with van der Waals surface area (Å²) in [5.74, 6) is -0.0145. The van der Waals surface area contributed by atoms with Crippen LogP contribution in [0.4, 0.5) is 0 Å². The van der Waals surface area contributed by atoms with Crippen LogP contribution in [0.2, 0.25) is 0 Å². The summed E-state index contributed by atoms with van der Waals surface area (Å²) in [4.78, 5) is 14.0. The zero-order valence-electron chi connectivity index (χ0n) is 11.5. The molecule has 1 amide bonds. The van der Waals surface area contributed by atoms with Gasteiger partial charge in [-0.25, -0.2) is 0 Å². The van der Waals surface area contributed by atoms with Gasteiger partial charge in [-0.3, -0.25) is 4.79 Å². The highest BCUT2D eigenvalue weighted by atomic mass is 16.2. The van der Waals surface area contributed by atoms with E-state index in [-0.39, 0.29) is 17.5 Å². The fourth-order valence-corrected chi connectivity index (χ4v) is 2.56. The van der Waals surface area contributed by atoms with E-state index in [1.165, 1.54) is 32.1 Å². The molecule has 0 aliphatic heterocycles. The van der Waals surface area contributed by atoms with E-state index in [9.17, 15) is 4.79 Å². The number of nitrogens with zero attached hydrogens (tertiary/aromatic N) is 1. The molecule has 0 heterocycles. The minimum absolute atomic E-state index is 0.0145. The Hall–Kier alpha value is -0.610. The van der Waals surface area contributed by atoms with Crippen molar-refractivity contribution in [1.29, 1.82) is 0 Å². The van der Waals surface area contributed by atoms with E-state index < -0.39 is 0 Å². The third-order valence-corrected chi connectivity index (χ3v) is 4.10.